The van der Waals surface area contributed by atoms with Crippen molar-refractivity contribution in [2.45, 2.75) is 45.1 Å². The van der Waals surface area contributed by atoms with Crippen LogP contribution in [0.5, 0.6) is 0 Å². The van der Waals surface area contributed by atoms with Gasteiger partial charge in [-0.2, -0.15) is 13.2 Å². The van der Waals surface area contributed by atoms with Crippen LogP contribution in [0.3, 0.4) is 0 Å². The molecule has 1 atom stereocenters. The van der Waals surface area contributed by atoms with Crippen LogP contribution in [0, 0.1) is 12.3 Å². The number of alkyl halides is 3. The van der Waals surface area contributed by atoms with Crippen LogP contribution in [-0.4, -0.2) is 40.4 Å². The zero-order valence-electron chi connectivity index (χ0n) is 12.7. The zero-order chi connectivity index (χ0) is 17.1. The second-order valence-electron chi connectivity index (χ2n) is 5.41. The van der Waals surface area contributed by atoms with Gasteiger partial charge in [0.2, 0.25) is 0 Å². The molecule has 0 aromatic heterocycles. The summed E-state index contributed by atoms with van der Waals surface area (Å²) in [6.07, 6.45) is 1.96. The SMILES string of the molecule is C#CC(C)(C)N1C(C(F)(F)F)=CC=C(C(=O)O)C1NCCC. The molecule has 1 unspecified atom stereocenters. The highest BCUT2D eigenvalue weighted by Gasteiger charge is 2.48. The molecule has 22 heavy (non-hydrogen) atoms. The zero-order valence-corrected chi connectivity index (χ0v) is 12.7. The van der Waals surface area contributed by atoms with E-state index in [0.717, 1.165) is 17.1 Å². The number of nitrogens with one attached hydrogen (secondary N) is 1. The predicted molar refractivity (Wildman–Crippen MR) is 76.7 cm³/mol. The summed E-state index contributed by atoms with van der Waals surface area (Å²) in [5.41, 5.74) is -2.46. The molecule has 1 aliphatic rings. The van der Waals surface area contributed by atoms with Gasteiger partial charge in [-0.05, 0) is 39.0 Å². The van der Waals surface area contributed by atoms with Crippen molar-refractivity contribution in [3.63, 3.8) is 0 Å². The fourth-order valence-corrected chi connectivity index (χ4v) is 2.21. The number of rotatable bonds is 5. The minimum absolute atomic E-state index is 0.176. The Morgan fingerprint density at radius 2 is 2.05 bits per heavy atom. The van der Waals surface area contributed by atoms with Gasteiger partial charge < -0.3 is 10.0 Å². The van der Waals surface area contributed by atoms with Gasteiger partial charge in [-0.15, -0.1) is 6.42 Å². The van der Waals surface area contributed by atoms with Crippen molar-refractivity contribution in [1.29, 1.82) is 0 Å². The van der Waals surface area contributed by atoms with Crippen LogP contribution in [0.1, 0.15) is 27.2 Å². The smallest absolute Gasteiger partial charge is 0.431 e. The van der Waals surface area contributed by atoms with Crippen LogP contribution < -0.4 is 5.32 Å². The standard InChI is InChI=1S/C15H19F3N2O2/c1-5-9-19-12-10(13(21)22)7-8-11(15(16,17)18)20(12)14(3,4)6-2/h2,7-8,12,19H,5,9H2,1,3-4H3,(H,21,22). The lowest BCUT2D eigenvalue weighted by atomic mass is 9.96. The summed E-state index contributed by atoms with van der Waals surface area (Å²) in [6.45, 7) is 5.07. The van der Waals surface area contributed by atoms with Crippen molar-refractivity contribution in [1.82, 2.24) is 10.2 Å². The first kappa shape index (κ1) is 18.1. The van der Waals surface area contributed by atoms with E-state index in [-0.39, 0.29) is 5.57 Å². The molecule has 4 nitrogen and oxygen atoms in total. The van der Waals surface area contributed by atoms with Crippen molar-refractivity contribution in [2.75, 3.05) is 6.54 Å². The molecule has 1 aliphatic heterocycles. The maximum absolute atomic E-state index is 13.3. The Bertz CT molecular complexity index is 542. The maximum atomic E-state index is 13.3. The normalized spacial score (nSPS) is 19.3. The van der Waals surface area contributed by atoms with Crippen LogP contribution >= 0.6 is 0 Å². The van der Waals surface area contributed by atoms with Gasteiger partial charge in [-0.3, -0.25) is 5.32 Å². The quantitative estimate of drug-likeness (QED) is 0.765. The molecule has 0 aromatic rings. The molecule has 0 aliphatic carbocycles. The topological polar surface area (TPSA) is 52.6 Å². The molecule has 0 amide bonds. The monoisotopic (exact) mass is 316 g/mol. The van der Waals surface area contributed by atoms with E-state index < -0.39 is 29.5 Å². The molecule has 0 saturated carbocycles. The van der Waals surface area contributed by atoms with E-state index in [1.54, 1.807) is 0 Å². The minimum Gasteiger partial charge on any atom is -0.478 e. The third-order valence-electron chi connectivity index (χ3n) is 3.31. The van der Waals surface area contributed by atoms with Crippen LogP contribution in [0.2, 0.25) is 0 Å². The number of carboxylic acids is 1. The average Bonchev–Trinajstić information content (AvgIpc) is 2.42. The average molecular weight is 316 g/mol. The molecule has 7 heteroatoms. The molecule has 1 rings (SSSR count). The minimum atomic E-state index is -4.64. The van der Waals surface area contributed by atoms with Crippen molar-refractivity contribution < 1.29 is 23.1 Å². The molecule has 1 heterocycles. The molecular formula is C15H19F3N2O2. The van der Waals surface area contributed by atoms with Crippen LogP contribution in [0.25, 0.3) is 0 Å². The van der Waals surface area contributed by atoms with Gasteiger partial charge in [0.15, 0.2) is 0 Å². The van der Waals surface area contributed by atoms with Gasteiger partial charge in [-0.1, -0.05) is 12.8 Å². The molecule has 2 N–H and O–H groups in total. The first-order valence-electron chi connectivity index (χ1n) is 6.79. The van der Waals surface area contributed by atoms with Gasteiger partial charge in [0, 0.05) is 0 Å². The van der Waals surface area contributed by atoms with E-state index in [1.165, 1.54) is 13.8 Å². The van der Waals surface area contributed by atoms with E-state index in [1.807, 2.05) is 6.92 Å². The van der Waals surface area contributed by atoms with Crippen molar-refractivity contribution >= 4 is 5.97 Å². The number of allylic oxidation sites excluding steroid dienone is 3. The second-order valence-corrected chi connectivity index (χ2v) is 5.41. The molecule has 0 fully saturated rings. The number of carboxylic acid groups (broad SMARTS) is 1. The Morgan fingerprint density at radius 3 is 2.45 bits per heavy atom. The van der Waals surface area contributed by atoms with E-state index in [2.05, 4.69) is 11.2 Å². The second kappa shape index (κ2) is 6.44. The lowest BCUT2D eigenvalue weighted by molar-refractivity contribution is -0.137. The lowest BCUT2D eigenvalue weighted by Gasteiger charge is -2.46. The van der Waals surface area contributed by atoms with E-state index in [9.17, 15) is 23.1 Å². The van der Waals surface area contributed by atoms with Gasteiger partial charge in [0.05, 0.1) is 11.1 Å². The number of hydrogen-bond acceptors (Lipinski definition) is 3. The summed E-state index contributed by atoms with van der Waals surface area (Å²) in [4.78, 5) is 12.3. The van der Waals surface area contributed by atoms with E-state index in [0.29, 0.717) is 13.0 Å². The highest BCUT2D eigenvalue weighted by atomic mass is 19.4. The Balaban J connectivity index is 3.45. The number of nitrogens with zero attached hydrogens (tertiary/aromatic N) is 1. The summed E-state index contributed by atoms with van der Waals surface area (Å²) in [5.74, 6) is 1.02. The molecular weight excluding hydrogens is 297 g/mol. The number of carbonyl (C=O) groups is 1. The highest BCUT2D eigenvalue weighted by molar-refractivity contribution is 5.88. The molecule has 0 aromatic carbocycles. The summed E-state index contributed by atoms with van der Waals surface area (Å²) >= 11 is 0. The van der Waals surface area contributed by atoms with E-state index in [4.69, 9.17) is 6.42 Å². The maximum Gasteiger partial charge on any atom is 0.431 e. The third-order valence-corrected chi connectivity index (χ3v) is 3.31. The van der Waals surface area contributed by atoms with Gasteiger partial charge in [0.25, 0.3) is 0 Å². The van der Waals surface area contributed by atoms with Crippen LogP contribution in [-0.2, 0) is 4.79 Å². The van der Waals surface area contributed by atoms with Crippen molar-refractivity contribution in [3.8, 4) is 12.3 Å². The van der Waals surface area contributed by atoms with Gasteiger partial charge >= 0.3 is 12.1 Å². The fraction of sp³-hybridized carbons (Fsp3) is 0.533. The fourth-order valence-electron chi connectivity index (χ4n) is 2.21. The molecule has 0 bridgehead atoms. The largest absolute Gasteiger partial charge is 0.478 e. The lowest BCUT2D eigenvalue weighted by Crippen LogP contribution is -2.59. The van der Waals surface area contributed by atoms with Gasteiger partial charge in [-0.25, -0.2) is 4.79 Å². The van der Waals surface area contributed by atoms with Crippen LogP contribution in [0.4, 0.5) is 13.2 Å². The summed E-state index contributed by atoms with van der Waals surface area (Å²) in [6, 6.07) is 0. The Kier molecular flexibility index (Phi) is 5.30. The molecule has 122 valence electrons. The number of terminal acetylenes is 1. The number of hydrogen-bond donors (Lipinski definition) is 2. The van der Waals surface area contributed by atoms with Crippen LogP contribution in [0.15, 0.2) is 23.4 Å². The molecule has 0 radical (unpaired) electrons. The Labute approximate surface area is 127 Å². The first-order valence-corrected chi connectivity index (χ1v) is 6.79. The van der Waals surface area contributed by atoms with Gasteiger partial charge in [0.1, 0.15) is 11.9 Å². The molecule has 0 spiro atoms. The Hall–Kier alpha value is -1.94. The van der Waals surface area contributed by atoms with Crippen molar-refractivity contribution in [2.24, 2.45) is 0 Å². The summed E-state index contributed by atoms with van der Waals surface area (Å²) in [7, 11) is 0. The van der Waals surface area contributed by atoms with Crippen molar-refractivity contribution in [3.05, 3.63) is 23.4 Å². The predicted octanol–water partition coefficient (Wildman–Crippen LogP) is 2.50. The number of aliphatic carboxylic acids is 1. The number of halogens is 3. The molecule has 0 saturated heterocycles. The summed E-state index contributed by atoms with van der Waals surface area (Å²) in [5, 5.41) is 12.1. The first-order chi connectivity index (χ1) is 10.1. The highest BCUT2D eigenvalue weighted by Crippen LogP contribution is 2.38. The Morgan fingerprint density at radius 1 is 1.45 bits per heavy atom. The summed E-state index contributed by atoms with van der Waals surface area (Å²) < 4.78 is 39.9. The van der Waals surface area contributed by atoms with E-state index >= 15 is 0 Å². The third kappa shape index (κ3) is 3.63.